The van der Waals surface area contributed by atoms with Crippen LogP contribution in [-0.4, -0.2) is 10.5 Å². The molecule has 0 saturated carbocycles. The van der Waals surface area contributed by atoms with Crippen LogP contribution in [0.4, 0.5) is 0 Å². The van der Waals surface area contributed by atoms with Gasteiger partial charge < -0.3 is 0 Å². The Morgan fingerprint density at radius 2 is 2.08 bits per heavy atom. The van der Waals surface area contributed by atoms with Crippen molar-refractivity contribution < 1.29 is 0 Å². The van der Waals surface area contributed by atoms with Crippen LogP contribution in [0, 0.1) is 0 Å². The normalized spacial score (nSPS) is 14.9. The lowest BCUT2D eigenvalue weighted by atomic mass is 10.1. The minimum atomic E-state index is 0.669. The predicted molar refractivity (Wildman–Crippen MR) is 60.8 cm³/mol. The zero-order valence-electron chi connectivity index (χ0n) is 8.63. The largest absolute Gasteiger partial charge is 0.151 e. The summed E-state index contributed by atoms with van der Waals surface area (Å²) < 4.78 is 0. The molecule has 0 aliphatic carbocycles. The molecule has 1 atom stereocenters. The van der Waals surface area contributed by atoms with E-state index in [4.69, 9.17) is 0 Å². The topological polar surface area (TPSA) is 0 Å². The van der Waals surface area contributed by atoms with Crippen molar-refractivity contribution in [1.29, 1.82) is 0 Å². The molecule has 0 aromatic rings. The van der Waals surface area contributed by atoms with E-state index < -0.39 is 0 Å². The Labute approximate surface area is 81.1 Å². The van der Waals surface area contributed by atoms with E-state index in [0.29, 0.717) is 10.5 Å². The summed E-state index contributed by atoms with van der Waals surface area (Å²) in [6.07, 6.45) is 5.20. The van der Waals surface area contributed by atoms with Gasteiger partial charge in [-0.1, -0.05) is 45.1 Å². The number of allylic oxidation sites excluding steroid dienone is 2. The molecule has 0 heterocycles. The van der Waals surface area contributed by atoms with Crippen LogP contribution >= 0.6 is 11.8 Å². The quantitative estimate of drug-likeness (QED) is 0.581. The molecule has 1 heteroatoms. The Balaban J connectivity index is 4.13. The molecule has 0 saturated heterocycles. The van der Waals surface area contributed by atoms with Gasteiger partial charge in [0.05, 0.1) is 0 Å². The highest BCUT2D eigenvalue weighted by Crippen LogP contribution is 2.25. The molecule has 0 fully saturated rings. The highest BCUT2D eigenvalue weighted by atomic mass is 32.2. The molecule has 0 aliphatic heterocycles. The minimum absolute atomic E-state index is 0.669. The van der Waals surface area contributed by atoms with Gasteiger partial charge >= 0.3 is 0 Å². The molecule has 0 N–H and O–H groups in total. The SMILES string of the molecule is C=CC=C(C)[C@H](CC)SC(C)C. The molecule has 12 heavy (non-hydrogen) atoms. The van der Waals surface area contributed by atoms with E-state index in [1.54, 1.807) is 0 Å². The Morgan fingerprint density at radius 1 is 1.50 bits per heavy atom. The molecule has 0 aliphatic rings. The summed E-state index contributed by atoms with van der Waals surface area (Å²) in [5, 5.41) is 1.38. The van der Waals surface area contributed by atoms with E-state index in [0.717, 1.165) is 0 Å². The molecule has 0 radical (unpaired) electrons. The van der Waals surface area contributed by atoms with Crippen molar-refractivity contribution in [2.45, 2.75) is 44.6 Å². The van der Waals surface area contributed by atoms with Crippen LogP contribution in [0.3, 0.4) is 0 Å². The third kappa shape index (κ3) is 4.66. The van der Waals surface area contributed by atoms with Gasteiger partial charge in [0, 0.05) is 5.25 Å². The number of hydrogen-bond acceptors (Lipinski definition) is 1. The van der Waals surface area contributed by atoms with Crippen LogP contribution in [0.1, 0.15) is 34.1 Å². The predicted octanol–water partition coefficient (Wildman–Crippen LogP) is 4.04. The van der Waals surface area contributed by atoms with Crippen molar-refractivity contribution in [3.05, 3.63) is 24.3 Å². The summed E-state index contributed by atoms with van der Waals surface area (Å²) >= 11 is 2.03. The maximum Gasteiger partial charge on any atom is 0.0256 e. The highest BCUT2D eigenvalue weighted by molar-refractivity contribution is 8.00. The van der Waals surface area contributed by atoms with E-state index in [-0.39, 0.29) is 0 Å². The van der Waals surface area contributed by atoms with Crippen LogP contribution in [0.5, 0.6) is 0 Å². The fourth-order valence-corrected chi connectivity index (χ4v) is 2.29. The highest BCUT2D eigenvalue weighted by Gasteiger charge is 2.09. The van der Waals surface area contributed by atoms with Crippen molar-refractivity contribution in [1.82, 2.24) is 0 Å². The fraction of sp³-hybridized carbons (Fsp3) is 0.636. The molecular weight excluding hydrogens is 164 g/mol. The first-order valence-corrected chi connectivity index (χ1v) is 5.50. The van der Waals surface area contributed by atoms with Gasteiger partial charge in [-0.25, -0.2) is 0 Å². The fourth-order valence-electron chi connectivity index (χ4n) is 1.15. The first kappa shape index (κ1) is 11.8. The van der Waals surface area contributed by atoms with Crippen LogP contribution in [0.2, 0.25) is 0 Å². The first-order chi connectivity index (χ1) is 5.61. The third-order valence-corrected chi connectivity index (χ3v) is 3.27. The summed E-state index contributed by atoms with van der Waals surface area (Å²) in [6.45, 7) is 12.6. The maximum absolute atomic E-state index is 3.71. The van der Waals surface area contributed by atoms with Crippen molar-refractivity contribution in [3.63, 3.8) is 0 Å². The number of thioether (sulfide) groups is 1. The summed E-state index contributed by atoms with van der Waals surface area (Å²) in [4.78, 5) is 0. The van der Waals surface area contributed by atoms with Gasteiger partial charge in [-0.05, 0) is 18.6 Å². The number of rotatable bonds is 5. The Kier molecular flexibility index (Phi) is 6.27. The van der Waals surface area contributed by atoms with Gasteiger partial charge in [-0.3, -0.25) is 0 Å². The smallest absolute Gasteiger partial charge is 0.0256 e. The van der Waals surface area contributed by atoms with E-state index in [9.17, 15) is 0 Å². The summed E-state index contributed by atoms with van der Waals surface area (Å²) in [5.41, 5.74) is 1.44. The Morgan fingerprint density at radius 3 is 2.42 bits per heavy atom. The van der Waals surface area contributed by atoms with E-state index in [1.165, 1.54) is 12.0 Å². The average molecular weight is 184 g/mol. The average Bonchev–Trinajstić information content (AvgIpc) is 2.00. The van der Waals surface area contributed by atoms with Crippen molar-refractivity contribution in [3.8, 4) is 0 Å². The monoisotopic (exact) mass is 184 g/mol. The van der Waals surface area contributed by atoms with E-state index in [2.05, 4.69) is 40.3 Å². The third-order valence-electron chi connectivity index (χ3n) is 1.70. The zero-order chi connectivity index (χ0) is 9.56. The van der Waals surface area contributed by atoms with Gasteiger partial charge in [-0.2, -0.15) is 11.8 Å². The number of hydrogen-bond donors (Lipinski definition) is 0. The molecular formula is C11H20S. The lowest BCUT2D eigenvalue weighted by Gasteiger charge is -2.17. The molecule has 70 valence electrons. The van der Waals surface area contributed by atoms with Crippen LogP contribution in [-0.2, 0) is 0 Å². The van der Waals surface area contributed by atoms with Crippen LogP contribution < -0.4 is 0 Å². The summed E-state index contributed by atoms with van der Waals surface area (Å²) in [7, 11) is 0. The van der Waals surface area contributed by atoms with E-state index in [1.807, 2.05) is 17.8 Å². The molecule has 0 aromatic carbocycles. The standard InChI is InChI=1S/C11H20S/c1-6-8-10(5)11(7-2)12-9(3)4/h6,8-9,11H,1,7H2,2-5H3/t11-/m0/s1. The minimum Gasteiger partial charge on any atom is -0.151 e. The molecule has 0 aromatic heterocycles. The lowest BCUT2D eigenvalue weighted by molar-refractivity contribution is 0.914. The Bertz CT molecular complexity index is 156. The van der Waals surface area contributed by atoms with Gasteiger partial charge in [0.1, 0.15) is 0 Å². The summed E-state index contributed by atoms with van der Waals surface area (Å²) in [5.74, 6) is 0. The summed E-state index contributed by atoms with van der Waals surface area (Å²) in [6, 6.07) is 0. The van der Waals surface area contributed by atoms with Gasteiger partial charge in [0.25, 0.3) is 0 Å². The molecule has 0 rings (SSSR count). The Hall–Kier alpha value is -0.170. The van der Waals surface area contributed by atoms with Crippen molar-refractivity contribution in [2.75, 3.05) is 0 Å². The molecule has 0 spiro atoms. The van der Waals surface area contributed by atoms with Crippen LogP contribution in [0.15, 0.2) is 24.3 Å². The van der Waals surface area contributed by atoms with E-state index >= 15 is 0 Å². The van der Waals surface area contributed by atoms with Gasteiger partial charge in [-0.15, -0.1) is 0 Å². The second-order valence-corrected chi connectivity index (χ2v) is 5.01. The molecule has 0 unspecified atom stereocenters. The lowest BCUT2D eigenvalue weighted by Crippen LogP contribution is -2.06. The molecule has 0 nitrogen and oxygen atoms in total. The molecule has 0 amide bonds. The van der Waals surface area contributed by atoms with Crippen molar-refractivity contribution in [2.24, 2.45) is 0 Å². The first-order valence-electron chi connectivity index (χ1n) is 4.56. The van der Waals surface area contributed by atoms with Gasteiger partial charge in [0.2, 0.25) is 0 Å². The zero-order valence-corrected chi connectivity index (χ0v) is 9.45. The molecule has 0 bridgehead atoms. The van der Waals surface area contributed by atoms with Gasteiger partial charge in [0.15, 0.2) is 0 Å². The second-order valence-electron chi connectivity index (χ2n) is 3.23. The maximum atomic E-state index is 3.71. The van der Waals surface area contributed by atoms with Crippen molar-refractivity contribution >= 4 is 11.8 Å². The second kappa shape index (κ2) is 6.36. The van der Waals surface area contributed by atoms with Crippen LogP contribution in [0.25, 0.3) is 0 Å².